The molecular formula is C23H25FN2OS. The minimum Gasteiger partial charge on any atom is -0.376 e. The average molecular weight is 397 g/mol. The summed E-state index contributed by atoms with van der Waals surface area (Å²) in [5.41, 5.74) is 4.30. The summed E-state index contributed by atoms with van der Waals surface area (Å²) in [7, 11) is 0. The van der Waals surface area contributed by atoms with Crippen molar-refractivity contribution in [1.82, 2.24) is 4.57 Å². The number of rotatable bonds is 5. The van der Waals surface area contributed by atoms with Crippen LogP contribution in [0.25, 0.3) is 11.3 Å². The molecule has 0 amide bonds. The zero-order valence-electron chi connectivity index (χ0n) is 16.3. The molecule has 5 heteroatoms. The Morgan fingerprint density at radius 3 is 2.68 bits per heavy atom. The molecule has 2 heterocycles. The van der Waals surface area contributed by atoms with Crippen molar-refractivity contribution in [2.75, 3.05) is 6.61 Å². The van der Waals surface area contributed by atoms with Crippen LogP contribution in [0.15, 0.2) is 58.9 Å². The molecule has 1 aromatic heterocycles. The number of para-hydroxylation sites is 1. The van der Waals surface area contributed by atoms with Gasteiger partial charge in [-0.1, -0.05) is 32.0 Å². The SMILES string of the molecule is CC(C)c1ccccc1N=c1scc(-c2ccc(F)cc2)n1CC1CCCO1. The molecule has 3 nitrogen and oxygen atoms in total. The summed E-state index contributed by atoms with van der Waals surface area (Å²) in [4.78, 5) is 5.97. The van der Waals surface area contributed by atoms with E-state index in [2.05, 4.69) is 42.0 Å². The van der Waals surface area contributed by atoms with Gasteiger partial charge < -0.3 is 9.30 Å². The van der Waals surface area contributed by atoms with Gasteiger partial charge in [-0.3, -0.25) is 0 Å². The Labute approximate surface area is 169 Å². The number of nitrogens with zero attached hydrogens (tertiary/aromatic N) is 2. The monoisotopic (exact) mass is 396 g/mol. The largest absolute Gasteiger partial charge is 0.376 e. The highest BCUT2D eigenvalue weighted by Crippen LogP contribution is 2.27. The second-order valence-corrected chi connectivity index (χ2v) is 8.32. The smallest absolute Gasteiger partial charge is 0.190 e. The fourth-order valence-electron chi connectivity index (χ4n) is 3.62. The minimum absolute atomic E-state index is 0.202. The van der Waals surface area contributed by atoms with Gasteiger partial charge in [-0.15, -0.1) is 11.3 Å². The van der Waals surface area contributed by atoms with E-state index in [1.165, 1.54) is 17.7 Å². The van der Waals surface area contributed by atoms with Crippen molar-refractivity contribution in [2.24, 2.45) is 4.99 Å². The molecule has 0 aliphatic carbocycles. The van der Waals surface area contributed by atoms with E-state index in [4.69, 9.17) is 9.73 Å². The molecule has 1 atom stereocenters. The third-order valence-electron chi connectivity index (χ3n) is 5.12. The Balaban J connectivity index is 1.82. The van der Waals surface area contributed by atoms with Crippen molar-refractivity contribution < 1.29 is 9.13 Å². The zero-order valence-corrected chi connectivity index (χ0v) is 17.1. The van der Waals surface area contributed by atoms with E-state index in [0.717, 1.165) is 47.7 Å². The van der Waals surface area contributed by atoms with Crippen LogP contribution in [0, 0.1) is 5.82 Å². The van der Waals surface area contributed by atoms with E-state index in [-0.39, 0.29) is 11.9 Å². The standard InChI is InChI=1S/C23H25FN2OS/c1-16(2)20-7-3-4-8-21(20)25-23-26(14-19-6-5-13-27-19)22(15-28-23)17-9-11-18(24)12-10-17/h3-4,7-12,15-16,19H,5-6,13-14H2,1-2H3. The maximum atomic E-state index is 13.4. The van der Waals surface area contributed by atoms with Crippen LogP contribution < -0.4 is 4.80 Å². The van der Waals surface area contributed by atoms with E-state index in [1.807, 2.05) is 18.2 Å². The van der Waals surface area contributed by atoms with Crippen LogP contribution in [0.3, 0.4) is 0 Å². The normalized spacial score (nSPS) is 17.6. The van der Waals surface area contributed by atoms with Crippen LogP contribution in [-0.2, 0) is 11.3 Å². The summed E-state index contributed by atoms with van der Waals surface area (Å²) >= 11 is 1.62. The van der Waals surface area contributed by atoms with Gasteiger partial charge in [0.2, 0.25) is 0 Å². The molecule has 1 aliphatic heterocycles. The van der Waals surface area contributed by atoms with Crippen LogP contribution in [0.1, 0.15) is 38.2 Å². The third kappa shape index (κ3) is 4.10. The van der Waals surface area contributed by atoms with E-state index in [1.54, 1.807) is 11.3 Å². The molecule has 28 heavy (non-hydrogen) atoms. The van der Waals surface area contributed by atoms with Gasteiger partial charge in [0.15, 0.2) is 4.80 Å². The Bertz CT molecular complexity index is 998. The van der Waals surface area contributed by atoms with Crippen molar-refractivity contribution in [3.63, 3.8) is 0 Å². The summed E-state index contributed by atoms with van der Waals surface area (Å²) < 4.78 is 21.5. The lowest BCUT2D eigenvalue weighted by atomic mass is 10.0. The predicted octanol–water partition coefficient (Wildman–Crippen LogP) is 5.89. The van der Waals surface area contributed by atoms with Gasteiger partial charge in [0.05, 0.1) is 24.0 Å². The second kappa shape index (κ2) is 8.41. The number of aromatic nitrogens is 1. The topological polar surface area (TPSA) is 26.5 Å². The molecule has 4 rings (SSSR count). The van der Waals surface area contributed by atoms with Gasteiger partial charge in [0, 0.05) is 12.0 Å². The summed E-state index contributed by atoms with van der Waals surface area (Å²) in [6.07, 6.45) is 2.37. The Morgan fingerprint density at radius 2 is 1.96 bits per heavy atom. The third-order valence-corrected chi connectivity index (χ3v) is 5.99. The average Bonchev–Trinajstić information content (AvgIpc) is 3.34. The van der Waals surface area contributed by atoms with E-state index < -0.39 is 0 Å². The fraction of sp³-hybridized carbons (Fsp3) is 0.348. The van der Waals surface area contributed by atoms with Crippen LogP contribution in [0.2, 0.25) is 0 Å². The van der Waals surface area contributed by atoms with Crippen molar-refractivity contribution >= 4 is 17.0 Å². The van der Waals surface area contributed by atoms with Crippen molar-refractivity contribution in [2.45, 2.75) is 45.3 Å². The molecule has 0 radical (unpaired) electrons. The van der Waals surface area contributed by atoms with Crippen LogP contribution in [-0.4, -0.2) is 17.3 Å². The number of thiazole rings is 1. The first-order valence-electron chi connectivity index (χ1n) is 9.81. The number of ether oxygens (including phenoxy) is 1. The number of hydrogen-bond donors (Lipinski definition) is 0. The van der Waals surface area contributed by atoms with Crippen LogP contribution >= 0.6 is 11.3 Å². The van der Waals surface area contributed by atoms with Crippen LogP contribution in [0.5, 0.6) is 0 Å². The first-order chi connectivity index (χ1) is 13.6. The number of halogens is 1. The molecule has 0 spiro atoms. The van der Waals surface area contributed by atoms with Gasteiger partial charge in [0.25, 0.3) is 0 Å². The van der Waals surface area contributed by atoms with E-state index >= 15 is 0 Å². The summed E-state index contributed by atoms with van der Waals surface area (Å²) in [6.45, 7) is 5.96. The van der Waals surface area contributed by atoms with Gasteiger partial charge in [-0.05, 0) is 60.2 Å². The molecule has 0 saturated carbocycles. The van der Waals surface area contributed by atoms with Gasteiger partial charge in [-0.2, -0.15) is 0 Å². The van der Waals surface area contributed by atoms with Crippen LogP contribution in [0.4, 0.5) is 10.1 Å². The molecule has 1 unspecified atom stereocenters. The molecule has 2 aromatic carbocycles. The fourth-order valence-corrected chi connectivity index (χ4v) is 4.55. The van der Waals surface area contributed by atoms with Gasteiger partial charge >= 0.3 is 0 Å². The van der Waals surface area contributed by atoms with E-state index in [9.17, 15) is 4.39 Å². The van der Waals surface area contributed by atoms with Crippen molar-refractivity contribution in [3.05, 3.63) is 70.1 Å². The maximum Gasteiger partial charge on any atom is 0.190 e. The van der Waals surface area contributed by atoms with Gasteiger partial charge in [0.1, 0.15) is 5.82 Å². The van der Waals surface area contributed by atoms with E-state index in [0.29, 0.717) is 5.92 Å². The maximum absolute atomic E-state index is 13.4. The molecule has 1 aliphatic rings. The predicted molar refractivity (Wildman–Crippen MR) is 112 cm³/mol. The summed E-state index contributed by atoms with van der Waals surface area (Å²) in [5, 5.41) is 2.11. The quantitative estimate of drug-likeness (QED) is 0.528. The minimum atomic E-state index is -0.222. The molecule has 146 valence electrons. The molecular weight excluding hydrogens is 371 g/mol. The number of hydrogen-bond acceptors (Lipinski definition) is 3. The zero-order chi connectivity index (χ0) is 19.5. The molecule has 0 N–H and O–H groups in total. The molecule has 1 fully saturated rings. The van der Waals surface area contributed by atoms with Gasteiger partial charge in [-0.25, -0.2) is 9.38 Å². The lowest BCUT2D eigenvalue weighted by molar-refractivity contribution is 0.0968. The first-order valence-corrected chi connectivity index (χ1v) is 10.7. The second-order valence-electron chi connectivity index (χ2n) is 7.48. The molecule has 3 aromatic rings. The Kier molecular flexibility index (Phi) is 5.74. The highest BCUT2D eigenvalue weighted by molar-refractivity contribution is 7.07. The highest BCUT2D eigenvalue weighted by atomic mass is 32.1. The number of benzene rings is 2. The Hall–Kier alpha value is -2.24. The van der Waals surface area contributed by atoms with Crippen molar-refractivity contribution in [3.8, 4) is 11.3 Å². The lowest BCUT2D eigenvalue weighted by Gasteiger charge is -2.14. The molecule has 0 bridgehead atoms. The Morgan fingerprint density at radius 1 is 1.18 bits per heavy atom. The van der Waals surface area contributed by atoms with Crippen molar-refractivity contribution in [1.29, 1.82) is 0 Å². The first kappa shape index (κ1) is 19.1. The highest BCUT2D eigenvalue weighted by Gasteiger charge is 2.19. The summed E-state index contributed by atoms with van der Waals surface area (Å²) in [6, 6.07) is 15.0. The summed E-state index contributed by atoms with van der Waals surface area (Å²) in [5.74, 6) is 0.184. The molecule has 1 saturated heterocycles. The lowest BCUT2D eigenvalue weighted by Crippen LogP contribution is -2.24.